The Morgan fingerprint density at radius 3 is 0.682 bits per heavy atom. The summed E-state index contributed by atoms with van der Waals surface area (Å²) >= 11 is 0. The van der Waals surface area contributed by atoms with Crippen LogP contribution in [0.25, 0.3) is 0 Å². The molecular weight excluding hydrogens is 746 g/mol. The van der Waals surface area contributed by atoms with E-state index >= 15 is 0 Å². The van der Waals surface area contributed by atoms with Crippen molar-refractivity contribution in [1.82, 2.24) is 0 Å². The Labute approximate surface area is 259 Å². The summed E-state index contributed by atoms with van der Waals surface area (Å²) in [4.78, 5) is 39.6. The first-order valence-corrected chi connectivity index (χ1v) is 9.21. The van der Waals surface area contributed by atoms with Crippen molar-refractivity contribution in [3.05, 3.63) is 47.3 Å². The Bertz CT molecular complexity index is 921. The molecule has 24 heteroatoms. The van der Waals surface area contributed by atoms with Crippen LogP contribution in [0.1, 0.15) is 27.7 Å². The van der Waals surface area contributed by atoms with E-state index in [2.05, 4.69) is 0 Å². The molecule has 0 fully saturated rings. The number of hydrogen-bond donors (Lipinski definition) is 0. The largest absolute Gasteiger partial charge is 2.00 e. The van der Waals surface area contributed by atoms with Crippen molar-refractivity contribution in [3.63, 3.8) is 0 Å². The number of ketones is 4. The van der Waals surface area contributed by atoms with Crippen molar-refractivity contribution in [1.29, 1.82) is 0 Å². The van der Waals surface area contributed by atoms with Crippen molar-refractivity contribution in [3.8, 4) is 0 Å². The van der Waals surface area contributed by atoms with E-state index in [1.807, 2.05) is 0 Å². The van der Waals surface area contributed by atoms with Crippen LogP contribution in [0, 0.1) is 0 Å². The minimum absolute atomic E-state index is 0. The van der Waals surface area contributed by atoms with Gasteiger partial charge in [0.1, 0.15) is 0 Å². The second kappa shape index (κ2) is 25.3. The Hall–Kier alpha value is -3.07. The molecule has 10 nitrogen and oxygen atoms in total. The first kappa shape index (κ1) is 60.2. The minimum Gasteiger partial charge on any atom is -0.876 e. The summed E-state index contributed by atoms with van der Waals surface area (Å²) in [5.41, 5.74) is 0. The predicted molar refractivity (Wildman–Crippen MR) is 109 cm³/mol. The third kappa shape index (κ3) is 41.1. The van der Waals surface area contributed by atoms with Crippen LogP contribution in [0.15, 0.2) is 47.3 Å². The van der Waals surface area contributed by atoms with E-state index in [-0.39, 0.29) is 67.6 Å². The van der Waals surface area contributed by atoms with Gasteiger partial charge in [-0.25, -0.2) is 0 Å². The van der Waals surface area contributed by atoms with E-state index in [0.29, 0.717) is 0 Å². The van der Waals surface area contributed by atoms with E-state index in [4.69, 9.17) is 0 Å². The third-order valence-corrected chi connectivity index (χ3v) is 2.45. The van der Waals surface area contributed by atoms with Crippen molar-refractivity contribution < 1.29 is 137 Å². The quantitative estimate of drug-likeness (QED) is 0.159. The predicted octanol–water partition coefficient (Wildman–Crippen LogP) is -0.321. The zero-order chi connectivity index (χ0) is 33.4. The summed E-state index contributed by atoms with van der Waals surface area (Å²) in [5.74, 6) is -12.0. The van der Waals surface area contributed by atoms with E-state index < -0.39 is 59.9 Å². The van der Waals surface area contributed by atoms with Crippen LogP contribution in [0.4, 0.5) is 52.7 Å². The summed E-state index contributed by atoms with van der Waals surface area (Å²) in [6.45, 7) is 5.39. The second-order valence-corrected chi connectivity index (χ2v) is 6.47. The van der Waals surface area contributed by atoms with Crippen LogP contribution < -0.4 is 20.4 Å². The summed E-state index contributed by atoms with van der Waals surface area (Å²) < 4.78 is 136. The van der Waals surface area contributed by atoms with Gasteiger partial charge in [0.2, 0.25) is 0 Å². The monoisotopic (exact) mass is 768 g/mol. The van der Waals surface area contributed by atoms with Crippen LogP contribution >= 0.6 is 0 Å². The molecule has 0 aromatic carbocycles. The molecule has 6 N–H and O–H groups in total. The maximum atomic E-state index is 11.3. The summed E-state index contributed by atoms with van der Waals surface area (Å²) in [6.07, 6.45) is -21.8. The summed E-state index contributed by atoms with van der Waals surface area (Å²) in [5, 5.41) is 39.6. The average molecular weight is 768 g/mol. The molecule has 0 bridgehead atoms. The maximum absolute atomic E-state index is 11.3. The number of carbonyl (C=O) groups excluding carboxylic acids is 4. The van der Waals surface area contributed by atoms with E-state index in [1.54, 1.807) is 0 Å². The van der Waals surface area contributed by atoms with Gasteiger partial charge in [0.05, 0.1) is 0 Å². The molecule has 0 rings (SSSR count). The number of hydrogen-bond acceptors (Lipinski definition) is 8. The first-order valence-electron chi connectivity index (χ1n) is 9.21. The fourth-order valence-electron chi connectivity index (χ4n) is 1.14. The third-order valence-electron chi connectivity index (χ3n) is 2.45. The van der Waals surface area contributed by atoms with Crippen LogP contribution in [0.3, 0.4) is 0 Å². The van der Waals surface area contributed by atoms with Gasteiger partial charge >= 0.3 is 58.3 Å². The molecule has 0 saturated heterocycles. The summed E-state index contributed by atoms with van der Waals surface area (Å²) in [7, 11) is 0. The smallest absolute Gasteiger partial charge is 0.876 e. The fraction of sp³-hybridized carbons (Fsp3) is 0.400. The van der Waals surface area contributed by atoms with E-state index in [9.17, 15) is 92.3 Å². The van der Waals surface area contributed by atoms with Gasteiger partial charge in [-0.05, 0) is 49.7 Å². The average Bonchev–Trinajstić information content (AvgIpc) is 2.64. The van der Waals surface area contributed by atoms with Gasteiger partial charge in [0.15, 0.2) is 11.6 Å². The molecule has 0 aromatic heterocycles. The van der Waals surface area contributed by atoms with Gasteiger partial charge in [-0.15, -0.1) is 11.5 Å². The molecule has 44 heavy (non-hydrogen) atoms. The number of halogens is 12. The van der Waals surface area contributed by atoms with Gasteiger partial charge in [-0.2, -0.15) is 52.7 Å². The zero-order valence-electron chi connectivity index (χ0n) is 21.9. The van der Waals surface area contributed by atoms with Gasteiger partial charge in [-0.3, -0.25) is 19.2 Å². The van der Waals surface area contributed by atoms with Gasteiger partial charge in [0, 0.05) is 0 Å². The Balaban J connectivity index is -0.0000000659. The molecule has 0 aliphatic rings. The van der Waals surface area contributed by atoms with Gasteiger partial charge < -0.3 is 31.4 Å². The molecule has 0 unspecified atom stereocenters. The zero-order valence-corrected chi connectivity index (χ0v) is 24.0. The normalized spacial score (nSPS) is 12.2. The van der Waals surface area contributed by atoms with Crippen LogP contribution in [-0.4, -0.2) is 47.8 Å². The van der Waals surface area contributed by atoms with Crippen molar-refractivity contribution in [2.24, 2.45) is 0 Å². The van der Waals surface area contributed by atoms with Crippen molar-refractivity contribution >= 4 is 23.1 Å². The van der Waals surface area contributed by atoms with Crippen LogP contribution in [-0.2, 0) is 63.7 Å². The molecule has 0 atom stereocenters. The number of alkyl halides is 12. The molecule has 0 heterocycles. The first-order chi connectivity index (χ1) is 17.3. The molecule has 0 aliphatic heterocycles. The van der Waals surface area contributed by atoms with E-state index in [0.717, 1.165) is 12.2 Å². The molecule has 0 aromatic rings. The Kier molecular flexibility index (Phi) is 34.6. The van der Waals surface area contributed by atoms with Crippen molar-refractivity contribution in [2.45, 2.75) is 52.4 Å². The molecule has 0 spiro atoms. The molecule has 0 aliphatic carbocycles. The molecule has 262 valence electrons. The number of rotatable bonds is 4. The SMILES string of the molecule is CC(=O)/C=C(/C)[O-].CC(=O)/C=C(/C)[O-].O=C(/C=C(\[O-])C(F)(F)F)C(F)(F)F.O=C(/C=C(\[O-])C(F)(F)F)C(F)(F)F.[Co+2].[Co+2].[OH3+].[OH3+]. The maximum Gasteiger partial charge on any atom is 2.00 e. The molecule has 0 amide bonds. The Morgan fingerprint density at radius 2 is 0.614 bits per heavy atom. The van der Waals surface area contributed by atoms with E-state index in [1.165, 1.54) is 27.7 Å². The minimum atomic E-state index is -5.46. The number of allylic oxidation sites excluding steroid dienone is 8. The standard InChI is InChI=1S/2C5H2F6O2.2C5H8O2.2Co.2H2O/c2*6-4(7,8)2(12)1-3(13)5(9,10)11;2*1-4(6)3-5(2)7;;;;/h2*1,12H;2*3,6H,1-2H3;;;2*1H2/q;;;;2*+2;;/p-2/b2*2-1-;2*4-3-;;;;. The van der Waals surface area contributed by atoms with Gasteiger partial charge in [-0.1, -0.05) is 13.8 Å². The topological polar surface area (TPSA) is 227 Å². The van der Waals surface area contributed by atoms with Crippen LogP contribution in [0.5, 0.6) is 0 Å². The molecular formula is C20H22Co2F12O10+2. The van der Waals surface area contributed by atoms with Gasteiger partial charge in [0.25, 0.3) is 11.6 Å². The summed E-state index contributed by atoms with van der Waals surface area (Å²) in [6, 6.07) is 0. The molecule has 2 radical (unpaired) electrons. The second-order valence-electron chi connectivity index (χ2n) is 6.47. The molecule has 0 saturated carbocycles. The number of carbonyl (C=O) groups is 4. The van der Waals surface area contributed by atoms with Crippen LogP contribution in [0.2, 0.25) is 0 Å². The fourth-order valence-corrected chi connectivity index (χ4v) is 1.14. The van der Waals surface area contributed by atoms with Crippen molar-refractivity contribution in [2.75, 3.05) is 0 Å². The Morgan fingerprint density at radius 1 is 0.432 bits per heavy atom.